The van der Waals surface area contributed by atoms with Gasteiger partial charge in [0.1, 0.15) is 11.6 Å². The van der Waals surface area contributed by atoms with E-state index < -0.39 is 41.5 Å². The highest BCUT2D eigenvalue weighted by Crippen LogP contribution is 2.45. The summed E-state index contributed by atoms with van der Waals surface area (Å²) in [5.41, 5.74) is 8.28. The maximum atomic E-state index is 14.0. The van der Waals surface area contributed by atoms with E-state index in [2.05, 4.69) is 40.7 Å². The van der Waals surface area contributed by atoms with Gasteiger partial charge in [-0.15, -0.1) is 0 Å². The number of primary amides is 1. The summed E-state index contributed by atoms with van der Waals surface area (Å²) < 4.78 is 28.0. The summed E-state index contributed by atoms with van der Waals surface area (Å²) in [6.45, 7) is 5.06. The Morgan fingerprint density at radius 2 is 1.80 bits per heavy atom. The monoisotopic (exact) mass is 568 g/mol. The van der Waals surface area contributed by atoms with E-state index in [0.717, 1.165) is 57.8 Å². The smallest absolute Gasteiger partial charge is 0.221 e. The topological polar surface area (TPSA) is 108 Å². The van der Waals surface area contributed by atoms with Crippen LogP contribution >= 0.6 is 0 Å². The van der Waals surface area contributed by atoms with Gasteiger partial charge in [0.25, 0.3) is 0 Å². The Morgan fingerprint density at radius 3 is 2.39 bits per heavy atom. The number of rotatable bonds is 13. The summed E-state index contributed by atoms with van der Waals surface area (Å²) >= 11 is 0. The molecule has 2 amide bonds. The third-order valence-corrected chi connectivity index (χ3v) is 9.47. The van der Waals surface area contributed by atoms with Gasteiger partial charge >= 0.3 is 0 Å². The lowest BCUT2D eigenvalue weighted by Crippen LogP contribution is -2.54. The number of aliphatic hydroxyl groups is 1. The molecule has 41 heavy (non-hydrogen) atoms. The number of nitrogens with one attached hydrogen (secondary N) is 2. The summed E-state index contributed by atoms with van der Waals surface area (Å²) in [6, 6.07) is 10.8. The number of nitrogens with two attached hydrogens (primary N) is 1. The summed E-state index contributed by atoms with van der Waals surface area (Å²) in [7, 11) is 0. The minimum Gasteiger partial charge on any atom is -0.390 e. The fourth-order valence-electron chi connectivity index (χ4n) is 6.88. The average Bonchev–Trinajstić information content (AvgIpc) is 3.75. The predicted octanol–water partition coefficient (Wildman–Crippen LogP) is 3.03. The van der Waals surface area contributed by atoms with Gasteiger partial charge in [0.2, 0.25) is 11.8 Å². The zero-order chi connectivity index (χ0) is 29.1. The van der Waals surface area contributed by atoms with Gasteiger partial charge in [-0.05, 0) is 92.3 Å². The number of hydrogen-bond donors (Lipinski definition) is 4. The number of amides is 2. The van der Waals surface area contributed by atoms with Crippen molar-refractivity contribution in [2.45, 2.75) is 69.6 Å². The zero-order valence-corrected chi connectivity index (χ0v) is 23.8. The van der Waals surface area contributed by atoms with E-state index in [1.54, 1.807) is 0 Å². The van der Waals surface area contributed by atoms with Crippen LogP contribution in [0.15, 0.2) is 42.5 Å². The minimum absolute atomic E-state index is 0.0247. The average molecular weight is 569 g/mol. The van der Waals surface area contributed by atoms with Crippen molar-refractivity contribution >= 4 is 11.8 Å². The SMILES string of the molecule is CCc1cccc(C2(NC[C@@H](O)[C@H](Cc3cc(F)cc(F)c3)NC(=O)CC(C(N)=O)[C@H]3CN4CCC3CC4)CC2)c1. The first kappa shape index (κ1) is 29.6. The highest BCUT2D eigenvalue weighted by molar-refractivity contribution is 5.85. The van der Waals surface area contributed by atoms with Crippen LogP contribution in [0.2, 0.25) is 0 Å². The van der Waals surface area contributed by atoms with Crippen molar-refractivity contribution in [2.75, 3.05) is 26.2 Å². The van der Waals surface area contributed by atoms with Crippen LogP contribution in [0.1, 0.15) is 55.7 Å². The van der Waals surface area contributed by atoms with Crippen LogP contribution in [-0.2, 0) is 28.0 Å². The van der Waals surface area contributed by atoms with E-state index >= 15 is 0 Å². The quantitative estimate of drug-likeness (QED) is 0.297. The number of benzene rings is 2. The molecule has 2 bridgehead atoms. The molecule has 1 saturated carbocycles. The lowest BCUT2D eigenvalue weighted by molar-refractivity contribution is -0.133. The number of halogens is 2. The molecule has 0 spiro atoms. The van der Waals surface area contributed by atoms with E-state index in [-0.39, 0.29) is 30.8 Å². The number of piperidine rings is 3. The van der Waals surface area contributed by atoms with Crippen molar-refractivity contribution in [3.8, 4) is 0 Å². The number of carbonyl (C=O) groups excluding carboxylic acids is 2. The van der Waals surface area contributed by atoms with Crippen LogP contribution in [0.5, 0.6) is 0 Å². The Morgan fingerprint density at radius 1 is 1.10 bits per heavy atom. The van der Waals surface area contributed by atoms with E-state index in [4.69, 9.17) is 5.73 Å². The van der Waals surface area contributed by atoms with Crippen LogP contribution < -0.4 is 16.4 Å². The van der Waals surface area contributed by atoms with Crippen LogP contribution in [0, 0.1) is 29.4 Å². The Kier molecular flexibility index (Phi) is 9.06. The molecule has 2 aromatic rings. The maximum absolute atomic E-state index is 14.0. The standard InChI is InChI=1S/C32H42F2N4O3/c1-2-20-4-3-5-23(12-20)32(8-9-32)36-18-29(39)28(15-21-13-24(33)16-25(34)14-21)37-30(40)17-26(31(35)41)27-19-38-10-6-22(27)7-11-38/h3-5,12-14,16,22,26-29,36,39H,2,6-11,15,17-19H2,1H3,(H2,35,41)(H,37,40)/t26?,27-,28-,29+/m0/s1. The summed E-state index contributed by atoms with van der Waals surface area (Å²) in [6.07, 6.45) is 3.69. The molecule has 4 fully saturated rings. The molecule has 9 heteroatoms. The van der Waals surface area contributed by atoms with Crippen molar-refractivity contribution in [1.82, 2.24) is 15.5 Å². The first-order valence-corrected chi connectivity index (χ1v) is 14.9. The van der Waals surface area contributed by atoms with Crippen molar-refractivity contribution in [2.24, 2.45) is 23.5 Å². The lowest BCUT2D eigenvalue weighted by atomic mass is 9.71. The second-order valence-electron chi connectivity index (χ2n) is 12.3. The fraction of sp³-hybridized carbons (Fsp3) is 0.562. The molecule has 0 aromatic heterocycles. The van der Waals surface area contributed by atoms with Crippen molar-refractivity contribution in [1.29, 1.82) is 0 Å². The number of nitrogens with zero attached hydrogens (tertiary/aromatic N) is 1. The molecular weight excluding hydrogens is 526 g/mol. The summed E-state index contributed by atoms with van der Waals surface area (Å²) in [5, 5.41) is 17.7. The molecule has 0 radical (unpaired) electrons. The number of hydrogen-bond acceptors (Lipinski definition) is 5. The molecular formula is C32H42F2N4O3. The van der Waals surface area contributed by atoms with Gasteiger partial charge in [-0.3, -0.25) is 9.59 Å². The molecule has 1 unspecified atom stereocenters. The molecule has 6 rings (SSSR count). The highest BCUT2D eigenvalue weighted by Gasteiger charge is 2.45. The Hall–Kier alpha value is -2.88. The normalized spacial score (nSPS) is 24.8. The third kappa shape index (κ3) is 7.13. The molecule has 222 valence electrons. The zero-order valence-electron chi connectivity index (χ0n) is 23.8. The molecule has 3 heterocycles. The molecule has 2 aromatic carbocycles. The predicted molar refractivity (Wildman–Crippen MR) is 153 cm³/mol. The Bertz CT molecular complexity index is 1220. The second-order valence-corrected chi connectivity index (χ2v) is 12.3. The molecule has 7 nitrogen and oxygen atoms in total. The first-order valence-electron chi connectivity index (χ1n) is 14.9. The number of aliphatic hydroxyl groups excluding tert-OH is 1. The highest BCUT2D eigenvalue weighted by atomic mass is 19.1. The van der Waals surface area contributed by atoms with Gasteiger partial charge in [0.15, 0.2) is 0 Å². The van der Waals surface area contributed by atoms with E-state index in [1.165, 1.54) is 23.3 Å². The molecule has 1 aliphatic carbocycles. The first-order chi connectivity index (χ1) is 19.7. The molecule has 5 N–H and O–H groups in total. The second kappa shape index (κ2) is 12.5. The van der Waals surface area contributed by atoms with E-state index in [9.17, 15) is 23.5 Å². The van der Waals surface area contributed by atoms with Gasteiger partial charge in [-0.2, -0.15) is 0 Å². The van der Waals surface area contributed by atoms with Crippen LogP contribution in [0.25, 0.3) is 0 Å². The van der Waals surface area contributed by atoms with Crippen molar-refractivity contribution in [3.05, 3.63) is 70.8 Å². The van der Waals surface area contributed by atoms with Crippen molar-refractivity contribution in [3.63, 3.8) is 0 Å². The molecule has 4 atom stereocenters. The largest absolute Gasteiger partial charge is 0.390 e. The molecule has 3 saturated heterocycles. The van der Waals surface area contributed by atoms with Gasteiger partial charge in [0, 0.05) is 31.1 Å². The molecule has 4 aliphatic rings. The molecule has 3 aliphatic heterocycles. The van der Waals surface area contributed by atoms with Gasteiger partial charge in [-0.1, -0.05) is 31.2 Å². The lowest BCUT2D eigenvalue weighted by Gasteiger charge is -2.47. The van der Waals surface area contributed by atoms with Crippen molar-refractivity contribution < 1.29 is 23.5 Å². The van der Waals surface area contributed by atoms with Crippen LogP contribution in [0.4, 0.5) is 8.78 Å². The summed E-state index contributed by atoms with van der Waals surface area (Å²) in [4.78, 5) is 28.1. The van der Waals surface area contributed by atoms with Gasteiger partial charge in [-0.25, -0.2) is 8.78 Å². The minimum atomic E-state index is -1.04. The Labute approximate surface area is 240 Å². The fourth-order valence-corrected chi connectivity index (χ4v) is 6.88. The number of aryl methyl sites for hydroxylation is 1. The van der Waals surface area contributed by atoms with E-state index in [0.29, 0.717) is 11.5 Å². The number of carbonyl (C=O) groups is 2. The van der Waals surface area contributed by atoms with Gasteiger partial charge in [0.05, 0.1) is 18.1 Å². The van der Waals surface area contributed by atoms with Crippen LogP contribution in [-0.4, -0.2) is 60.1 Å². The van der Waals surface area contributed by atoms with Gasteiger partial charge < -0.3 is 26.4 Å². The number of fused-ring (bicyclic) bond motifs is 3. The van der Waals surface area contributed by atoms with Crippen LogP contribution in [0.3, 0.4) is 0 Å². The Balaban J connectivity index is 1.28. The summed E-state index contributed by atoms with van der Waals surface area (Å²) in [5.74, 6) is -2.55. The van der Waals surface area contributed by atoms with E-state index in [1.807, 2.05) is 6.07 Å². The third-order valence-electron chi connectivity index (χ3n) is 9.47. The maximum Gasteiger partial charge on any atom is 0.221 e.